The van der Waals surface area contributed by atoms with Gasteiger partial charge in [-0.25, -0.2) is 0 Å². The third-order valence-electron chi connectivity index (χ3n) is 6.67. The summed E-state index contributed by atoms with van der Waals surface area (Å²) < 4.78 is 11.2. The average molecular weight is 495 g/mol. The third-order valence-corrected chi connectivity index (χ3v) is 6.67. The van der Waals surface area contributed by atoms with E-state index in [0.717, 1.165) is 38.4 Å². The highest BCUT2D eigenvalue weighted by Crippen LogP contribution is 2.39. The Morgan fingerprint density at radius 3 is 2.50 bits per heavy atom. The standard InChI is InChI=1S/C28H34N2O6/c1-18(2)36-23-10-7-21(17-19(23)3)26(32)24-25(20-5-8-22(31)9-6-20)30(28(34)27(24)33)12-4-11-29-13-15-35-16-14-29/h5-10,17-18,25,31-32H,4,11-16H2,1-3H3. The van der Waals surface area contributed by atoms with Gasteiger partial charge in [0.25, 0.3) is 5.91 Å². The van der Waals surface area contributed by atoms with E-state index in [-0.39, 0.29) is 17.4 Å². The molecule has 2 aromatic rings. The van der Waals surface area contributed by atoms with Gasteiger partial charge in [0.05, 0.1) is 31.9 Å². The Morgan fingerprint density at radius 1 is 1.17 bits per heavy atom. The number of benzene rings is 2. The first-order chi connectivity index (χ1) is 17.3. The molecule has 0 aliphatic carbocycles. The molecular formula is C28H34N2O6. The van der Waals surface area contributed by atoms with Crippen LogP contribution in [0.5, 0.6) is 11.5 Å². The number of carbonyl (C=O) groups excluding carboxylic acids is 2. The van der Waals surface area contributed by atoms with Crippen molar-refractivity contribution in [3.8, 4) is 11.5 Å². The van der Waals surface area contributed by atoms with Gasteiger partial charge in [-0.05, 0) is 61.7 Å². The molecule has 8 nitrogen and oxygen atoms in total. The minimum absolute atomic E-state index is 0.0135. The van der Waals surface area contributed by atoms with Crippen LogP contribution in [0.3, 0.4) is 0 Å². The number of quaternary nitrogens is 1. The largest absolute Gasteiger partial charge is 0.872 e. The zero-order valence-electron chi connectivity index (χ0n) is 21.1. The number of ether oxygens (including phenoxy) is 2. The van der Waals surface area contributed by atoms with E-state index in [4.69, 9.17) is 9.47 Å². The summed E-state index contributed by atoms with van der Waals surface area (Å²) in [5.74, 6) is -1.16. The van der Waals surface area contributed by atoms with Gasteiger partial charge in [0.1, 0.15) is 24.6 Å². The van der Waals surface area contributed by atoms with Crippen LogP contribution in [-0.4, -0.2) is 67.2 Å². The SMILES string of the molecule is Cc1cc(C([O-])=C2C(=O)C(=O)N(CCC[NH+]3CCOCC3)C2c2ccc(O)cc2)ccc1OC(C)C. The van der Waals surface area contributed by atoms with Crippen molar-refractivity contribution in [1.29, 1.82) is 0 Å². The number of ketones is 1. The van der Waals surface area contributed by atoms with Gasteiger partial charge in [0.15, 0.2) is 0 Å². The fourth-order valence-corrected chi connectivity index (χ4v) is 4.85. The number of rotatable bonds is 8. The number of phenols is 1. The Hall–Kier alpha value is -3.36. The zero-order chi connectivity index (χ0) is 25.8. The predicted molar refractivity (Wildman–Crippen MR) is 132 cm³/mol. The summed E-state index contributed by atoms with van der Waals surface area (Å²) in [5.41, 5.74) is 1.67. The number of hydrogen-bond acceptors (Lipinski definition) is 6. The molecule has 2 N–H and O–H groups in total. The molecule has 192 valence electrons. The van der Waals surface area contributed by atoms with E-state index in [1.54, 1.807) is 30.3 Å². The summed E-state index contributed by atoms with van der Waals surface area (Å²) in [5, 5.41) is 23.4. The van der Waals surface area contributed by atoms with Gasteiger partial charge >= 0.3 is 0 Å². The number of aryl methyl sites for hydroxylation is 1. The van der Waals surface area contributed by atoms with Crippen molar-refractivity contribution < 1.29 is 34.2 Å². The molecule has 2 saturated heterocycles. The van der Waals surface area contributed by atoms with Crippen molar-refractivity contribution in [2.75, 3.05) is 39.4 Å². The summed E-state index contributed by atoms with van der Waals surface area (Å²) in [6.07, 6.45) is 0.686. The van der Waals surface area contributed by atoms with Crippen molar-refractivity contribution in [3.63, 3.8) is 0 Å². The van der Waals surface area contributed by atoms with Crippen molar-refractivity contribution >= 4 is 17.4 Å². The van der Waals surface area contributed by atoms with Crippen LogP contribution in [0.15, 0.2) is 48.0 Å². The van der Waals surface area contributed by atoms with Crippen LogP contribution < -0.4 is 14.7 Å². The molecule has 1 unspecified atom stereocenters. The summed E-state index contributed by atoms with van der Waals surface area (Å²) in [7, 11) is 0. The molecule has 0 spiro atoms. The van der Waals surface area contributed by atoms with Crippen LogP contribution in [0, 0.1) is 6.92 Å². The van der Waals surface area contributed by atoms with Crippen LogP contribution in [-0.2, 0) is 14.3 Å². The number of nitrogens with zero attached hydrogens (tertiary/aromatic N) is 1. The van der Waals surface area contributed by atoms with Crippen LogP contribution in [0.4, 0.5) is 0 Å². The Kier molecular flexibility index (Phi) is 7.96. The van der Waals surface area contributed by atoms with Gasteiger partial charge in [0.2, 0.25) is 5.78 Å². The van der Waals surface area contributed by atoms with E-state index < -0.39 is 23.5 Å². The number of aromatic hydroxyl groups is 1. The quantitative estimate of drug-likeness (QED) is 0.323. The number of Topliss-reactive ketones (excluding diaryl/α,β-unsaturated/α-hetero) is 1. The van der Waals surface area contributed by atoms with Crippen LogP contribution in [0.2, 0.25) is 0 Å². The number of carbonyl (C=O) groups is 2. The Bertz CT molecular complexity index is 1140. The normalized spacial score (nSPS) is 20.3. The van der Waals surface area contributed by atoms with Gasteiger partial charge in [-0.2, -0.15) is 0 Å². The summed E-state index contributed by atoms with van der Waals surface area (Å²) >= 11 is 0. The smallest absolute Gasteiger partial charge is 0.295 e. The lowest BCUT2D eigenvalue weighted by atomic mass is 9.94. The minimum Gasteiger partial charge on any atom is -0.872 e. The average Bonchev–Trinajstić information content (AvgIpc) is 3.11. The fraction of sp³-hybridized carbons (Fsp3) is 0.429. The maximum absolute atomic E-state index is 13.7. The van der Waals surface area contributed by atoms with Gasteiger partial charge in [0, 0.05) is 18.5 Å². The zero-order valence-corrected chi connectivity index (χ0v) is 21.1. The first-order valence-electron chi connectivity index (χ1n) is 12.5. The molecule has 0 bridgehead atoms. The first kappa shape index (κ1) is 25.7. The molecular weight excluding hydrogens is 460 g/mol. The number of hydrogen-bond donors (Lipinski definition) is 2. The molecule has 36 heavy (non-hydrogen) atoms. The van der Waals surface area contributed by atoms with Crippen LogP contribution in [0.25, 0.3) is 5.76 Å². The number of likely N-dealkylation sites (tertiary alicyclic amines) is 1. The molecule has 0 saturated carbocycles. The molecule has 0 radical (unpaired) electrons. The van der Waals surface area contributed by atoms with Crippen LogP contribution in [0.1, 0.15) is 43.0 Å². The third kappa shape index (κ3) is 5.55. The Labute approximate surface area is 211 Å². The Balaban J connectivity index is 1.67. The number of phenolic OH excluding ortho intramolecular Hbond substituents is 1. The molecule has 1 amide bonds. The minimum atomic E-state index is -0.801. The highest BCUT2D eigenvalue weighted by atomic mass is 16.5. The van der Waals surface area contributed by atoms with E-state index >= 15 is 0 Å². The molecule has 2 aliphatic rings. The second-order valence-electron chi connectivity index (χ2n) is 9.68. The maximum Gasteiger partial charge on any atom is 0.295 e. The molecule has 0 aromatic heterocycles. The van der Waals surface area contributed by atoms with Crippen molar-refractivity contribution in [1.82, 2.24) is 4.90 Å². The second kappa shape index (κ2) is 11.1. The molecule has 2 fully saturated rings. The van der Waals surface area contributed by atoms with Gasteiger partial charge in [-0.15, -0.1) is 0 Å². The molecule has 4 rings (SSSR count). The van der Waals surface area contributed by atoms with Crippen molar-refractivity contribution in [2.45, 2.75) is 39.3 Å². The van der Waals surface area contributed by atoms with E-state index in [2.05, 4.69) is 0 Å². The molecule has 2 heterocycles. The lowest BCUT2D eigenvalue weighted by Gasteiger charge is -2.29. The number of amides is 1. The lowest BCUT2D eigenvalue weighted by molar-refractivity contribution is -0.908. The van der Waals surface area contributed by atoms with Gasteiger partial charge < -0.3 is 29.5 Å². The summed E-state index contributed by atoms with van der Waals surface area (Å²) in [4.78, 5) is 29.2. The molecule has 2 aromatic carbocycles. The Morgan fingerprint density at radius 2 is 1.86 bits per heavy atom. The number of nitrogens with one attached hydrogen (secondary N) is 1. The van der Waals surface area contributed by atoms with E-state index in [9.17, 15) is 19.8 Å². The highest BCUT2D eigenvalue weighted by Gasteiger charge is 2.44. The van der Waals surface area contributed by atoms with E-state index in [0.29, 0.717) is 29.8 Å². The number of morpholine rings is 1. The van der Waals surface area contributed by atoms with Crippen LogP contribution >= 0.6 is 0 Å². The fourth-order valence-electron chi connectivity index (χ4n) is 4.85. The molecule has 2 aliphatic heterocycles. The lowest BCUT2D eigenvalue weighted by Crippen LogP contribution is -3.14. The topological polar surface area (TPSA) is 104 Å². The molecule has 1 atom stereocenters. The monoisotopic (exact) mass is 494 g/mol. The maximum atomic E-state index is 13.7. The molecule has 8 heteroatoms. The van der Waals surface area contributed by atoms with Crippen molar-refractivity contribution in [2.24, 2.45) is 0 Å². The predicted octanol–water partition coefficient (Wildman–Crippen LogP) is 1.02. The van der Waals surface area contributed by atoms with Gasteiger partial charge in [-0.3, -0.25) is 9.59 Å². The van der Waals surface area contributed by atoms with E-state index in [1.165, 1.54) is 21.9 Å². The summed E-state index contributed by atoms with van der Waals surface area (Å²) in [6.45, 7) is 10.2. The first-order valence-corrected chi connectivity index (χ1v) is 12.5. The summed E-state index contributed by atoms with van der Waals surface area (Å²) in [6, 6.07) is 10.6. The highest BCUT2D eigenvalue weighted by molar-refractivity contribution is 6.46. The van der Waals surface area contributed by atoms with Crippen molar-refractivity contribution in [3.05, 3.63) is 64.7 Å². The van der Waals surface area contributed by atoms with Gasteiger partial charge in [-0.1, -0.05) is 24.0 Å². The second-order valence-corrected chi connectivity index (χ2v) is 9.68. The van der Waals surface area contributed by atoms with E-state index in [1.807, 2.05) is 20.8 Å².